The molecule has 2 aliphatic heterocycles. The van der Waals surface area contributed by atoms with Crippen LogP contribution in [0.15, 0.2) is 29.1 Å². The van der Waals surface area contributed by atoms with Gasteiger partial charge in [0.15, 0.2) is 5.82 Å². The Morgan fingerprint density at radius 2 is 2.00 bits per heavy atom. The van der Waals surface area contributed by atoms with E-state index in [0.717, 1.165) is 0 Å². The molecule has 1 N–H and O–H groups in total. The van der Waals surface area contributed by atoms with Gasteiger partial charge in [-0.15, -0.1) is 0 Å². The van der Waals surface area contributed by atoms with Gasteiger partial charge in [0.1, 0.15) is 6.10 Å². The second-order valence-corrected chi connectivity index (χ2v) is 8.00. The molecule has 1 aromatic heterocycles. The van der Waals surface area contributed by atoms with Crippen molar-refractivity contribution < 1.29 is 14.3 Å². The van der Waals surface area contributed by atoms with Gasteiger partial charge in [0, 0.05) is 26.1 Å². The predicted molar refractivity (Wildman–Crippen MR) is 103 cm³/mol. The number of ether oxygens (including phenoxy) is 1. The molecule has 148 valence electrons. The number of para-hydroxylation sites is 1. The van der Waals surface area contributed by atoms with Crippen molar-refractivity contribution in [1.29, 1.82) is 0 Å². The van der Waals surface area contributed by atoms with Crippen molar-refractivity contribution in [3.63, 3.8) is 0 Å². The van der Waals surface area contributed by atoms with Gasteiger partial charge >= 0.3 is 5.97 Å². The molecule has 8 nitrogen and oxygen atoms in total. The van der Waals surface area contributed by atoms with Crippen molar-refractivity contribution in [2.24, 2.45) is 5.41 Å². The largest absolute Gasteiger partial charge is 0.461 e. The van der Waals surface area contributed by atoms with Gasteiger partial charge in [-0.05, 0) is 39.1 Å². The quantitative estimate of drug-likeness (QED) is 0.794. The highest BCUT2D eigenvalue weighted by Crippen LogP contribution is 2.43. The zero-order valence-corrected chi connectivity index (χ0v) is 16.1. The number of fused-ring (bicyclic) bond motifs is 1. The van der Waals surface area contributed by atoms with E-state index < -0.39 is 5.41 Å². The Bertz CT molecular complexity index is 976. The molecule has 1 atom stereocenters. The van der Waals surface area contributed by atoms with Crippen molar-refractivity contribution in [2.75, 3.05) is 33.7 Å². The number of nitrogens with zero attached hydrogens (tertiary/aromatic N) is 3. The number of cyclic esters (lactones) is 1. The molecule has 28 heavy (non-hydrogen) atoms. The summed E-state index contributed by atoms with van der Waals surface area (Å²) < 4.78 is 5.57. The number of carbonyl (C=O) groups excluding carboxylic acids is 2. The van der Waals surface area contributed by atoms with Gasteiger partial charge in [-0.2, -0.15) is 0 Å². The molecule has 0 radical (unpaired) electrons. The number of piperidine rings is 1. The van der Waals surface area contributed by atoms with Gasteiger partial charge in [0.2, 0.25) is 0 Å². The minimum atomic E-state index is -0.498. The summed E-state index contributed by atoms with van der Waals surface area (Å²) in [4.78, 5) is 48.1. The number of hydrogen-bond donors (Lipinski definition) is 1. The number of amides is 1. The molecule has 3 heterocycles. The summed E-state index contributed by atoms with van der Waals surface area (Å²) in [6.45, 7) is 1.59. The number of benzene rings is 1. The Balaban J connectivity index is 1.48. The van der Waals surface area contributed by atoms with Crippen molar-refractivity contribution in [3.8, 4) is 0 Å². The van der Waals surface area contributed by atoms with E-state index in [0.29, 0.717) is 49.8 Å². The third kappa shape index (κ3) is 3.28. The first-order valence-corrected chi connectivity index (χ1v) is 9.52. The van der Waals surface area contributed by atoms with Crippen LogP contribution >= 0.6 is 0 Å². The summed E-state index contributed by atoms with van der Waals surface area (Å²) in [6, 6.07) is 6.93. The van der Waals surface area contributed by atoms with Gasteiger partial charge in [-0.25, -0.2) is 4.98 Å². The van der Waals surface area contributed by atoms with Crippen LogP contribution in [0.3, 0.4) is 0 Å². The van der Waals surface area contributed by atoms with E-state index in [4.69, 9.17) is 4.74 Å². The fraction of sp³-hybridized carbons (Fsp3) is 0.500. The van der Waals surface area contributed by atoms with Crippen molar-refractivity contribution in [2.45, 2.75) is 25.4 Å². The first-order chi connectivity index (χ1) is 13.4. The maximum Gasteiger partial charge on any atom is 0.312 e. The van der Waals surface area contributed by atoms with E-state index >= 15 is 0 Å². The van der Waals surface area contributed by atoms with Gasteiger partial charge in [-0.1, -0.05) is 12.1 Å². The average molecular weight is 384 g/mol. The maximum absolute atomic E-state index is 12.9. The third-order valence-corrected chi connectivity index (χ3v) is 5.72. The highest BCUT2D eigenvalue weighted by molar-refractivity contribution is 5.93. The second-order valence-electron chi connectivity index (χ2n) is 8.00. The fourth-order valence-corrected chi connectivity index (χ4v) is 4.23. The molecule has 2 saturated heterocycles. The van der Waals surface area contributed by atoms with Crippen LogP contribution in [0, 0.1) is 5.41 Å². The molecule has 2 aliphatic rings. The number of esters is 1. The minimum absolute atomic E-state index is 0.0409. The Morgan fingerprint density at radius 1 is 1.29 bits per heavy atom. The number of likely N-dealkylation sites (N-methyl/N-ethyl adjacent to an activating group) is 1. The topological polar surface area (TPSA) is 95.6 Å². The lowest BCUT2D eigenvalue weighted by Gasteiger charge is -2.36. The molecular formula is C20H24N4O4. The Morgan fingerprint density at radius 3 is 2.71 bits per heavy atom. The number of aromatic nitrogens is 2. The van der Waals surface area contributed by atoms with E-state index in [-0.39, 0.29) is 29.4 Å². The Hall–Kier alpha value is -2.74. The highest BCUT2D eigenvalue weighted by atomic mass is 16.6. The zero-order chi connectivity index (χ0) is 19.9. The number of carbonyl (C=O) groups is 2. The van der Waals surface area contributed by atoms with E-state index in [1.165, 1.54) is 0 Å². The minimum Gasteiger partial charge on any atom is -0.461 e. The molecule has 2 aromatic rings. The molecule has 1 unspecified atom stereocenters. The average Bonchev–Trinajstić information content (AvgIpc) is 2.95. The Labute approximate surface area is 162 Å². The molecule has 1 aromatic carbocycles. The van der Waals surface area contributed by atoms with Crippen molar-refractivity contribution in [3.05, 3.63) is 40.4 Å². The number of H-pyrrole nitrogens is 1. The molecule has 0 aliphatic carbocycles. The Kier molecular flexibility index (Phi) is 4.66. The molecule has 8 heteroatoms. The number of rotatable bonds is 3. The van der Waals surface area contributed by atoms with Crippen LogP contribution in [0.5, 0.6) is 0 Å². The van der Waals surface area contributed by atoms with Gasteiger partial charge in [0.25, 0.3) is 11.5 Å². The lowest BCUT2D eigenvalue weighted by Crippen LogP contribution is -2.45. The molecule has 0 saturated carbocycles. The zero-order valence-electron chi connectivity index (χ0n) is 16.1. The highest BCUT2D eigenvalue weighted by Gasteiger charge is 2.50. The van der Waals surface area contributed by atoms with Gasteiger partial charge in [-0.3, -0.25) is 14.4 Å². The van der Waals surface area contributed by atoms with Crippen LogP contribution in [0.4, 0.5) is 0 Å². The smallest absolute Gasteiger partial charge is 0.312 e. The first-order valence-electron chi connectivity index (χ1n) is 9.52. The third-order valence-electron chi connectivity index (χ3n) is 5.72. The molecule has 2 fully saturated rings. The summed E-state index contributed by atoms with van der Waals surface area (Å²) in [7, 11) is 3.91. The summed E-state index contributed by atoms with van der Waals surface area (Å²) in [6.07, 6.45) is 1.73. The van der Waals surface area contributed by atoms with Crippen LogP contribution < -0.4 is 5.56 Å². The predicted octanol–water partition coefficient (Wildman–Crippen LogP) is 1.02. The van der Waals surface area contributed by atoms with Crippen LogP contribution in [-0.2, 0) is 9.53 Å². The number of nitrogens with one attached hydrogen (secondary N) is 1. The monoisotopic (exact) mass is 384 g/mol. The number of aromatic amines is 1. The molecular weight excluding hydrogens is 360 g/mol. The molecule has 0 bridgehead atoms. The van der Waals surface area contributed by atoms with E-state index in [1.54, 1.807) is 29.2 Å². The lowest BCUT2D eigenvalue weighted by atomic mass is 9.76. The van der Waals surface area contributed by atoms with E-state index in [1.807, 2.05) is 19.0 Å². The summed E-state index contributed by atoms with van der Waals surface area (Å²) in [5.41, 5.74) is -0.330. The molecule has 1 spiro atoms. The van der Waals surface area contributed by atoms with E-state index in [2.05, 4.69) is 9.97 Å². The SMILES string of the molecule is CN(C)CC1CC2(CCN(C(=O)c3nc4ccccc4c(=O)[nH]3)CC2)C(=O)O1. The lowest BCUT2D eigenvalue weighted by molar-refractivity contribution is -0.150. The summed E-state index contributed by atoms with van der Waals surface area (Å²) >= 11 is 0. The van der Waals surface area contributed by atoms with Crippen LogP contribution in [0.1, 0.15) is 29.9 Å². The van der Waals surface area contributed by atoms with Crippen LogP contribution in [0.25, 0.3) is 10.9 Å². The van der Waals surface area contributed by atoms with Crippen molar-refractivity contribution >= 4 is 22.8 Å². The van der Waals surface area contributed by atoms with Crippen molar-refractivity contribution in [1.82, 2.24) is 19.8 Å². The molecule has 4 rings (SSSR count). The van der Waals surface area contributed by atoms with Crippen LogP contribution in [0.2, 0.25) is 0 Å². The fourth-order valence-electron chi connectivity index (χ4n) is 4.23. The second kappa shape index (κ2) is 7.01. The summed E-state index contributed by atoms with van der Waals surface area (Å²) in [5, 5.41) is 0.456. The van der Waals surface area contributed by atoms with Crippen LogP contribution in [-0.4, -0.2) is 71.5 Å². The summed E-state index contributed by atoms with van der Waals surface area (Å²) in [5.74, 6) is -0.420. The van der Waals surface area contributed by atoms with E-state index in [9.17, 15) is 14.4 Å². The normalized spacial score (nSPS) is 21.5. The number of hydrogen-bond acceptors (Lipinski definition) is 6. The number of likely N-dealkylation sites (tertiary alicyclic amines) is 1. The van der Waals surface area contributed by atoms with Gasteiger partial charge < -0.3 is 19.5 Å². The first kappa shape index (κ1) is 18.6. The van der Waals surface area contributed by atoms with Gasteiger partial charge in [0.05, 0.1) is 16.3 Å². The molecule has 1 amide bonds. The maximum atomic E-state index is 12.9. The standard InChI is InChI=1S/C20H24N4O4/c1-23(2)12-13-11-20(19(27)28-13)7-9-24(10-8-20)18(26)16-21-15-6-4-3-5-14(15)17(25)22-16/h3-6,13H,7-12H2,1-2H3,(H,21,22,25).